The molecule has 2 N–H and O–H groups in total. The largest absolute Gasteiger partial charge is 0.456 e. The Labute approximate surface area is 102 Å². The number of nitrogens with two attached hydrogens (primary N) is 1. The summed E-state index contributed by atoms with van der Waals surface area (Å²) >= 11 is 1.62. The molecule has 3 nitrogen and oxygen atoms in total. The molecule has 0 unspecified atom stereocenters. The number of ether oxygens (including phenoxy) is 1. The van der Waals surface area contributed by atoms with Gasteiger partial charge in [0, 0.05) is 18.0 Å². The van der Waals surface area contributed by atoms with Crippen molar-refractivity contribution in [3.05, 3.63) is 48.0 Å². The molecule has 0 amide bonds. The maximum absolute atomic E-state index is 5.82. The van der Waals surface area contributed by atoms with Crippen LogP contribution in [0, 0.1) is 0 Å². The number of hydrogen-bond acceptors (Lipinski definition) is 4. The summed E-state index contributed by atoms with van der Waals surface area (Å²) in [6.45, 7) is 0. The fraction of sp³-hybridized carbons (Fsp3) is 0. The molecule has 0 aliphatic heterocycles. The van der Waals surface area contributed by atoms with Crippen molar-refractivity contribution in [1.29, 1.82) is 0 Å². The second kappa shape index (κ2) is 4.07. The molecule has 4 heteroatoms. The number of fused-ring (bicyclic) bond motifs is 1. The van der Waals surface area contributed by atoms with Gasteiger partial charge in [0.2, 0.25) is 0 Å². The SMILES string of the molecule is Nc1ccc(Oc2ccnc3ccsc23)cc1. The minimum Gasteiger partial charge on any atom is -0.456 e. The van der Waals surface area contributed by atoms with Crippen molar-refractivity contribution in [2.75, 3.05) is 5.73 Å². The molecule has 0 spiro atoms. The molecule has 0 fully saturated rings. The van der Waals surface area contributed by atoms with Crippen molar-refractivity contribution in [1.82, 2.24) is 4.98 Å². The average molecular weight is 242 g/mol. The maximum atomic E-state index is 5.82. The van der Waals surface area contributed by atoms with Crippen LogP contribution in [0.1, 0.15) is 0 Å². The van der Waals surface area contributed by atoms with Gasteiger partial charge < -0.3 is 10.5 Å². The molecular weight excluding hydrogens is 232 g/mol. The van der Waals surface area contributed by atoms with E-state index in [0.29, 0.717) is 0 Å². The lowest BCUT2D eigenvalue weighted by atomic mass is 10.3. The minimum atomic E-state index is 0.730. The van der Waals surface area contributed by atoms with Crippen LogP contribution in [0.2, 0.25) is 0 Å². The van der Waals surface area contributed by atoms with Gasteiger partial charge in [-0.15, -0.1) is 11.3 Å². The fourth-order valence-electron chi connectivity index (χ4n) is 1.59. The van der Waals surface area contributed by atoms with Crippen LogP contribution in [0.25, 0.3) is 10.2 Å². The van der Waals surface area contributed by atoms with Gasteiger partial charge in [-0.25, -0.2) is 0 Å². The molecule has 2 aromatic heterocycles. The molecule has 0 aliphatic carbocycles. The van der Waals surface area contributed by atoms with E-state index in [0.717, 1.165) is 27.4 Å². The lowest BCUT2D eigenvalue weighted by Gasteiger charge is -2.06. The molecule has 0 saturated heterocycles. The summed E-state index contributed by atoms with van der Waals surface area (Å²) in [6, 6.07) is 11.2. The number of anilines is 1. The molecule has 0 bridgehead atoms. The molecule has 0 atom stereocenters. The first-order valence-electron chi connectivity index (χ1n) is 5.18. The quantitative estimate of drug-likeness (QED) is 0.697. The lowest BCUT2D eigenvalue weighted by molar-refractivity contribution is 0.489. The topological polar surface area (TPSA) is 48.1 Å². The van der Waals surface area contributed by atoms with Crippen molar-refractivity contribution >= 4 is 27.2 Å². The predicted octanol–water partition coefficient (Wildman–Crippen LogP) is 3.67. The fourth-order valence-corrected chi connectivity index (χ4v) is 2.39. The van der Waals surface area contributed by atoms with Crippen LogP contribution in [-0.4, -0.2) is 4.98 Å². The van der Waals surface area contributed by atoms with Crippen molar-refractivity contribution < 1.29 is 4.74 Å². The van der Waals surface area contributed by atoms with Gasteiger partial charge in [0.25, 0.3) is 0 Å². The first-order valence-corrected chi connectivity index (χ1v) is 6.06. The van der Waals surface area contributed by atoms with Gasteiger partial charge in [-0.05, 0) is 35.7 Å². The number of rotatable bonds is 2. The van der Waals surface area contributed by atoms with Crippen LogP contribution in [0.5, 0.6) is 11.5 Å². The first-order chi connectivity index (χ1) is 8.33. The van der Waals surface area contributed by atoms with E-state index in [2.05, 4.69) is 4.98 Å². The van der Waals surface area contributed by atoms with Crippen LogP contribution in [-0.2, 0) is 0 Å². The Balaban J connectivity index is 1.99. The van der Waals surface area contributed by atoms with E-state index >= 15 is 0 Å². The van der Waals surface area contributed by atoms with Crippen LogP contribution < -0.4 is 10.5 Å². The number of nitrogen functional groups attached to an aromatic ring is 1. The maximum Gasteiger partial charge on any atom is 0.148 e. The summed E-state index contributed by atoms with van der Waals surface area (Å²) in [5, 5.41) is 2.01. The number of hydrogen-bond donors (Lipinski definition) is 1. The zero-order valence-corrected chi connectivity index (χ0v) is 9.78. The molecule has 1 aromatic carbocycles. The van der Waals surface area contributed by atoms with Crippen LogP contribution in [0.3, 0.4) is 0 Å². The summed E-state index contributed by atoms with van der Waals surface area (Å²) in [6.07, 6.45) is 1.75. The summed E-state index contributed by atoms with van der Waals surface area (Å²) in [5.74, 6) is 1.61. The summed E-state index contributed by atoms with van der Waals surface area (Å²) in [4.78, 5) is 4.27. The molecule has 3 rings (SSSR count). The number of aromatic nitrogens is 1. The van der Waals surface area contributed by atoms with Crippen molar-refractivity contribution in [2.24, 2.45) is 0 Å². The molecule has 0 saturated carbocycles. The van der Waals surface area contributed by atoms with Gasteiger partial charge in [-0.2, -0.15) is 0 Å². The Hall–Kier alpha value is -2.07. The summed E-state index contributed by atoms with van der Waals surface area (Å²) < 4.78 is 6.88. The number of thiophene rings is 1. The third-order valence-corrected chi connectivity index (χ3v) is 3.33. The second-order valence-electron chi connectivity index (χ2n) is 3.62. The molecule has 17 heavy (non-hydrogen) atoms. The first kappa shape index (κ1) is 10.1. The average Bonchev–Trinajstić information content (AvgIpc) is 2.81. The Bertz CT molecular complexity index is 646. The van der Waals surface area contributed by atoms with Gasteiger partial charge in [-0.3, -0.25) is 4.98 Å². The van der Waals surface area contributed by atoms with E-state index in [1.165, 1.54) is 0 Å². The highest BCUT2D eigenvalue weighted by Gasteiger charge is 2.05. The predicted molar refractivity (Wildman–Crippen MR) is 70.5 cm³/mol. The normalized spacial score (nSPS) is 10.6. The van der Waals surface area contributed by atoms with E-state index in [1.54, 1.807) is 17.5 Å². The van der Waals surface area contributed by atoms with Gasteiger partial charge >= 0.3 is 0 Å². The molecule has 2 heterocycles. The highest BCUT2D eigenvalue weighted by atomic mass is 32.1. The van der Waals surface area contributed by atoms with E-state index < -0.39 is 0 Å². The summed E-state index contributed by atoms with van der Waals surface area (Å²) in [7, 11) is 0. The zero-order chi connectivity index (χ0) is 11.7. The van der Waals surface area contributed by atoms with Gasteiger partial charge in [0.1, 0.15) is 11.5 Å². The monoisotopic (exact) mass is 242 g/mol. The van der Waals surface area contributed by atoms with Crippen LogP contribution in [0.4, 0.5) is 5.69 Å². The highest BCUT2D eigenvalue weighted by molar-refractivity contribution is 7.17. The molecule has 3 aromatic rings. The Morgan fingerprint density at radius 3 is 2.71 bits per heavy atom. The van der Waals surface area contributed by atoms with Gasteiger partial charge in [0.15, 0.2) is 0 Å². The lowest BCUT2D eigenvalue weighted by Crippen LogP contribution is -1.87. The molecule has 0 radical (unpaired) electrons. The third kappa shape index (κ3) is 1.94. The van der Waals surface area contributed by atoms with Gasteiger partial charge in [-0.1, -0.05) is 0 Å². The summed E-state index contributed by atoms with van der Waals surface area (Å²) in [5.41, 5.74) is 7.32. The number of pyridine rings is 1. The number of nitrogens with zero attached hydrogens (tertiary/aromatic N) is 1. The number of benzene rings is 1. The molecule has 0 aliphatic rings. The van der Waals surface area contributed by atoms with E-state index in [-0.39, 0.29) is 0 Å². The van der Waals surface area contributed by atoms with Crippen molar-refractivity contribution in [3.8, 4) is 11.5 Å². The zero-order valence-electron chi connectivity index (χ0n) is 8.96. The van der Waals surface area contributed by atoms with E-state index in [4.69, 9.17) is 10.5 Å². The van der Waals surface area contributed by atoms with Crippen molar-refractivity contribution in [3.63, 3.8) is 0 Å². The molecule has 84 valence electrons. The Kier molecular flexibility index (Phi) is 2.42. The minimum absolute atomic E-state index is 0.730. The molecular formula is C13H10N2OS. The highest BCUT2D eigenvalue weighted by Crippen LogP contribution is 2.32. The van der Waals surface area contributed by atoms with Crippen LogP contribution >= 0.6 is 11.3 Å². The van der Waals surface area contributed by atoms with Gasteiger partial charge in [0.05, 0.1) is 10.2 Å². The third-order valence-electron chi connectivity index (χ3n) is 2.42. The Morgan fingerprint density at radius 1 is 1.06 bits per heavy atom. The smallest absolute Gasteiger partial charge is 0.148 e. The van der Waals surface area contributed by atoms with Crippen LogP contribution in [0.15, 0.2) is 48.0 Å². The second-order valence-corrected chi connectivity index (χ2v) is 4.53. The van der Waals surface area contributed by atoms with E-state index in [9.17, 15) is 0 Å². The Morgan fingerprint density at radius 2 is 1.88 bits per heavy atom. The van der Waals surface area contributed by atoms with Crippen molar-refractivity contribution in [2.45, 2.75) is 0 Å². The van der Waals surface area contributed by atoms with E-state index in [1.807, 2.05) is 41.8 Å². The standard InChI is InChI=1S/C13H10N2OS/c14-9-1-3-10(4-2-9)16-12-5-7-15-11-6-8-17-13(11)12/h1-8H,14H2.